The van der Waals surface area contributed by atoms with Gasteiger partial charge in [0.25, 0.3) is 0 Å². The maximum Gasteiger partial charge on any atom is 0.387 e. The highest BCUT2D eigenvalue weighted by molar-refractivity contribution is 14.0. The average molecular weight is 525 g/mol. The summed E-state index contributed by atoms with van der Waals surface area (Å²) in [6.45, 7) is 3.18. The van der Waals surface area contributed by atoms with Crippen molar-refractivity contribution in [3.8, 4) is 11.5 Å². The van der Waals surface area contributed by atoms with Crippen LogP contribution in [0.3, 0.4) is 0 Å². The van der Waals surface area contributed by atoms with Crippen LogP contribution in [0.1, 0.15) is 24.3 Å². The molecule has 2 N–H and O–H groups in total. The number of thiophene rings is 1. The lowest BCUT2D eigenvalue weighted by Gasteiger charge is -2.13. The standard InChI is InChI=1S/C19H25F2N3O2S.HI/c1-3-22-19(23-10-9-15-6-5-11-27-15)24-13-14-7-8-16(26-18(20)21)17(12-14)25-4-2;/h5-8,11-12,18H,3-4,9-10,13H2,1-2H3,(H2,22,23,24);1H. The number of rotatable bonds is 10. The molecule has 156 valence electrons. The van der Waals surface area contributed by atoms with Gasteiger partial charge in [0.15, 0.2) is 17.5 Å². The number of ether oxygens (including phenoxy) is 2. The first-order chi connectivity index (χ1) is 13.1. The number of aliphatic imine (C=N–C) groups is 1. The number of alkyl halides is 2. The quantitative estimate of drug-likeness (QED) is 0.269. The van der Waals surface area contributed by atoms with Gasteiger partial charge in [-0.05, 0) is 49.4 Å². The molecule has 0 spiro atoms. The Morgan fingerprint density at radius 3 is 2.64 bits per heavy atom. The van der Waals surface area contributed by atoms with Gasteiger partial charge >= 0.3 is 6.61 Å². The number of nitrogens with zero attached hydrogens (tertiary/aromatic N) is 1. The Morgan fingerprint density at radius 1 is 1.18 bits per heavy atom. The fraction of sp³-hybridized carbons (Fsp3) is 0.421. The molecule has 0 amide bonds. The normalized spacial score (nSPS) is 11.1. The van der Waals surface area contributed by atoms with E-state index in [-0.39, 0.29) is 29.7 Å². The summed E-state index contributed by atoms with van der Waals surface area (Å²) < 4.78 is 34.9. The number of benzene rings is 1. The Hall–Kier alpha value is -1.62. The van der Waals surface area contributed by atoms with Crippen LogP contribution in [0, 0.1) is 0 Å². The molecule has 0 atom stereocenters. The average Bonchev–Trinajstić information content (AvgIpc) is 3.15. The molecule has 9 heteroatoms. The van der Waals surface area contributed by atoms with Crippen LogP contribution in [0.2, 0.25) is 0 Å². The molecule has 1 heterocycles. The van der Waals surface area contributed by atoms with Crippen molar-refractivity contribution < 1.29 is 18.3 Å². The van der Waals surface area contributed by atoms with Crippen LogP contribution in [0.25, 0.3) is 0 Å². The van der Waals surface area contributed by atoms with Crippen LogP contribution in [0.4, 0.5) is 8.78 Å². The topological polar surface area (TPSA) is 54.9 Å². The van der Waals surface area contributed by atoms with Crippen molar-refractivity contribution in [2.45, 2.75) is 33.4 Å². The summed E-state index contributed by atoms with van der Waals surface area (Å²) in [5.74, 6) is 1.03. The zero-order valence-electron chi connectivity index (χ0n) is 15.9. The molecular weight excluding hydrogens is 499 g/mol. The Kier molecular flexibility index (Phi) is 11.8. The third-order valence-electron chi connectivity index (χ3n) is 3.53. The van der Waals surface area contributed by atoms with Crippen LogP contribution < -0.4 is 20.1 Å². The summed E-state index contributed by atoms with van der Waals surface area (Å²) >= 11 is 1.73. The summed E-state index contributed by atoms with van der Waals surface area (Å²) in [4.78, 5) is 5.86. The number of hydrogen-bond donors (Lipinski definition) is 2. The number of guanidine groups is 1. The first kappa shape index (κ1) is 24.4. The van der Waals surface area contributed by atoms with Crippen molar-refractivity contribution in [2.75, 3.05) is 19.7 Å². The fourth-order valence-electron chi connectivity index (χ4n) is 2.38. The predicted molar refractivity (Wildman–Crippen MR) is 120 cm³/mol. The predicted octanol–water partition coefficient (Wildman–Crippen LogP) is 4.66. The molecule has 1 aromatic carbocycles. The second-order valence-electron chi connectivity index (χ2n) is 5.54. The molecule has 5 nitrogen and oxygen atoms in total. The zero-order valence-corrected chi connectivity index (χ0v) is 19.1. The lowest BCUT2D eigenvalue weighted by molar-refractivity contribution is -0.0514. The van der Waals surface area contributed by atoms with Crippen molar-refractivity contribution in [3.63, 3.8) is 0 Å². The van der Waals surface area contributed by atoms with E-state index in [1.165, 1.54) is 10.9 Å². The van der Waals surface area contributed by atoms with Gasteiger partial charge in [-0.25, -0.2) is 4.99 Å². The minimum Gasteiger partial charge on any atom is -0.490 e. The number of nitrogens with one attached hydrogen (secondary N) is 2. The van der Waals surface area contributed by atoms with Crippen molar-refractivity contribution in [1.82, 2.24) is 10.6 Å². The highest BCUT2D eigenvalue weighted by Gasteiger charge is 2.11. The molecule has 0 bridgehead atoms. The van der Waals surface area contributed by atoms with Gasteiger partial charge in [0.2, 0.25) is 0 Å². The Balaban J connectivity index is 0.00000392. The summed E-state index contributed by atoms with van der Waals surface area (Å²) in [6.07, 6.45) is 0.927. The second-order valence-corrected chi connectivity index (χ2v) is 6.58. The van der Waals surface area contributed by atoms with Crippen LogP contribution >= 0.6 is 35.3 Å². The van der Waals surface area contributed by atoms with Crippen molar-refractivity contribution in [3.05, 3.63) is 46.2 Å². The lowest BCUT2D eigenvalue weighted by atomic mass is 10.2. The molecule has 0 fully saturated rings. The smallest absolute Gasteiger partial charge is 0.387 e. The van der Waals surface area contributed by atoms with Crippen LogP contribution in [-0.2, 0) is 13.0 Å². The van der Waals surface area contributed by atoms with Crippen LogP contribution in [0.15, 0.2) is 40.7 Å². The van der Waals surface area contributed by atoms with E-state index < -0.39 is 6.61 Å². The number of hydrogen-bond acceptors (Lipinski definition) is 4. The van der Waals surface area contributed by atoms with Crippen molar-refractivity contribution in [2.24, 2.45) is 4.99 Å². The molecule has 0 saturated heterocycles. The van der Waals surface area contributed by atoms with Gasteiger partial charge in [0.05, 0.1) is 13.2 Å². The Bertz CT molecular complexity index is 715. The van der Waals surface area contributed by atoms with Gasteiger partial charge in [0, 0.05) is 18.0 Å². The molecule has 28 heavy (non-hydrogen) atoms. The van der Waals surface area contributed by atoms with Gasteiger partial charge in [-0.15, -0.1) is 35.3 Å². The van der Waals surface area contributed by atoms with E-state index in [1.54, 1.807) is 30.4 Å². The minimum absolute atomic E-state index is 0. The molecule has 0 radical (unpaired) electrons. The van der Waals surface area contributed by atoms with E-state index in [4.69, 9.17) is 4.74 Å². The molecule has 0 aliphatic carbocycles. The maximum absolute atomic E-state index is 12.5. The SMILES string of the molecule is CCNC(=NCc1ccc(OC(F)F)c(OCC)c1)NCCc1cccs1.I. The molecule has 0 unspecified atom stereocenters. The summed E-state index contributed by atoms with van der Waals surface area (Å²) in [5, 5.41) is 8.56. The van der Waals surface area contributed by atoms with E-state index in [1.807, 2.05) is 13.0 Å². The molecule has 0 aliphatic rings. The largest absolute Gasteiger partial charge is 0.490 e. The monoisotopic (exact) mass is 525 g/mol. The Labute approximate surface area is 185 Å². The number of halogens is 3. The molecular formula is C19H26F2IN3O2S. The summed E-state index contributed by atoms with van der Waals surface area (Å²) in [6, 6.07) is 9.02. The van der Waals surface area contributed by atoms with Crippen LogP contribution in [0.5, 0.6) is 11.5 Å². The Morgan fingerprint density at radius 2 is 2.00 bits per heavy atom. The van der Waals surface area contributed by atoms with Crippen LogP contribution in [-0.4, -0.2) is 32.3 Å². The van der Waals surface area contributed by atoms with E-state index in [0.29, 0.717) is 24.9 Å². The van der Waals surface area contributed by atoms with Gasteiger partial charge < -0.3 is 20.1 Å². The molecule has 2 aromatic rings. The summed E-state index contributed by atoms with van der Waals surface area (Å²) in [7, 11) is 0. The minimum atomic E-state index is -2.89. The lowest BCUT2D eigenvalue weighted by Crippen LogP contribution is -2.38. The van der Waals surface area contributed by atoms with E-state index in [9.17, 15) is 8.78 Å². The van der Waals surface area contributed by atoms with Gasteiger partial charge in [-0.3, -0.25) is 0 Å². The third kappa shape index (κ3) is 8.59. The van der Waals surface area contributed by atoms with Crippen molar-refractivity contribution >= 4 is 41.3 Å². The highest BCUT2D eigenvalue weighted by atomic mass is 127. The van der Waals surface area contributed by atoms with Gasteiger partial charge in [-0.2, -0.15) is 8.78 Å². The maximum atomic E-state index is 12.5. The van der Waals surface area contributed by atoms with Gasteiger partial charge in [0.1, 0.15) is 0 Å². The first-order valence-electron chi connectivity index (χ1n) is 8.87. The molecule has 0 aliphatic heterocycles. The first-order valence-corrected chi connectivity index (χ1v) is 9.75. The van der Waals surface area contributed by atoms with Gasteiger partial charge in [-0.1, -0.05) is 12.1 Å². The third-order valence-corrected chi connectivity index (χ3v) is 4.47. The van der Waals surface area contributed by atoms with E-state index >= 15 is 0 Å². The fourth-order valence-corrected chi connectivity index (χ4v) is 3.09. The highest BCUT2D eigenvalue weighted by Crippen LogP contribution is 2.30. The molecule has 2 rings (SSSR count). The van der Waals surface area contributed by atoms with Crippen molar-refractivity contribution in [1.29, 1.82) is 0 Å². The zero-order chi connectivity index (χ0) is 19.5. The summed E-state index contributed by atoms with van der Waals surface area (Å²) in [5.41, 5.74) is 0.843. The van der Waals surface area contributed by atoms with E-state index in [2.05, 4.69) is 31.8 Å². The molecule has 1 aromatic heterocycles. The molecule has 0 saturated carbocycles. The van der Waals surface area contributed by atoms with E-state index in [0.717, 1.165) is 25.1 Å². The second kappa shape index (κ2) is 13.5.